The molecule has 1 aliphatic carbocycles. The zero-order chi connectivity index (χ0) is 24.3. The van der Waals surface area contributed by atoms with Crippen LogP contribution in [0.4, 0.5) is 5.82 Å². The number of phenols is 1. The standard InChI is InChI=1S/C27H28BrN5O2/c28-21-18-31-33-24(17-22(32-25(21)33)20-11-5-6-12-23(20)34)29-15-16-30-26(35)27(13-7-2-8-14-27)19-9-3-1-4-10-19/h1,3-6,9-12,17-18,29,34H,2,7-8,13-16H2,(H,30,35). The molecule has 0 saturated heterocycles. The number of nitrogens with one attached hydrogen (secondary N) is 2. The molecule has 1 saturated carbocycles. The summed E-state index contributed by atoms with van der Waals surface area (Å²) in [6.45, 7) is 0.999. The molecule has 2 aromatic heterocycles. The van der Waals surface area contributed by atoms with Gasteiger partial charge in [-0.15, -0.1) is 0 Å². The second-order valence-electron chi connectivity index (χ2n) is 8.96. The van der Waals surface area contributed by atoms with Crippen molar-refractivity contribution in [3.63, 3.8) is 0 Å². The third-order valence-corrected chi connectivity index (χ3v) is 7.35. The lowest BCUT2D eigenvalue weighted by atomic mass is 9.68. The highest BCUT2D eigenvalue weighted by molar-refractivity contribution is 9.10. The van der Waals surface area contributed by atoms with E-state index in [9.17, 15) is 9.90 Å². The Morgan fingerprint density at radius 3 is 2.54 bits per heavy atom. The van der Waals surface area contributed by atoms with E-state index in [0.717, 1.165) is 41.5 Å². The van der Waals surface area contributed by atoms with Crippen LogP contribution in [0, 0.1) is 0 Å². The number of phenolic OH excluding ortho intramolecular Hbond substituents is 1. The fraction of sp³-hybridized carbons (Fsp3) is 0.296. The summed E-state index contributed by atoms with van der Waals surface area (Å²) >= 11 is 3.51. The van der Waals surface area contributed by atoms with E-state index in [2.05, 4.69) is 48.8 Å². The highest BCUT2D eigenvalue weighted by atomic mass is 79.9. The fourth-order valence-corrected chi connectivity index (χ4v) is 5.33. The van der Waals surface area contributed by atoms with Crippen LogP contribution in [-0.4, -0.2) is 38.7 Å². The molecule has 0 spiro atoms. The van der Waals surface area contributed by atoms with Gasteiger partial charge in [0.2, 0.25) is 5.91 Å². The molecule has 0 aliphatic heterocycles. The van der Waals surface area contributed by atoms with Crippen molar-refractivity contribution < 1.29 is 9.90 Å². The first-order valence-electron chi connectivity index (χ1n) is 12.0. The molecule has 7 nitrogen and oxygen atoms in total. The fourth-order valence-electron chi connectivity index (χ4n) is 4.99. The number of hydrogen-bond acceptors (Lipinski definition) is 5. The molecule has 0 atom stereocenters. The summed E-state index contributed by atoms with van der Waals surface area (Å²) in [5, 5.41) is 21.3. The van der Waals surface area contributed by atoms with Crippen molar-refractivity contribution in [1.29, 1.82) is 0 Å². The Hall–Kier alpha value is -3.39. The van der Waals surface area contributed by atoms with Gasteiger partial charge in [0.15, 0.2) is 5.65 Å². The minimum Gasteiger partial charge on any atom is -0.507 e. The van der Waals surface area contributed by atoms with Crippen LogP contribution in [0.5, 0.6) is 5.75 Å². The number of hydrogen-bond donors (Lipinski definition) is 3. The average molecular weight is 534 g/mol. The third kappa shape index (κ3) is 4.62. The van der Waals surface area contributed by atoms with Crippen LogP contribution in [0.25, 0.3) is 16.9 Å². The lowest BCUT2D eigenvalue weighted by Crippen LogP contribution is -2.47. The van der Waals surface area contributed by atoms with Crippen molar-refractivity contribution in [2.24, 2.45) is 0 Å². The summed E-state index contributed by atoms with van der Waals surface area (Å²) in [5.74, 6) is 0.988. The quantitative estimate of drug-likeness (QED) is 0.280. The van der Waals surface area contributed by atoms with Crippen molar-refractivity contribution in [1.82, 2.24) is 19.9 Å². The lowest BCUT2D eigenvalue weighted by Gasteiger charge is -2.36. The number of benzene rings is 2. The van der Waals surface area contributed by atoms with Crippen molar-refractivity contribution in [3.05, 3.63) is 76.9 Å². The number of carbonyl (C=O) groups is 1. The predicted octanol–water partition coefficient (Wildman–Crippen LogP) is 5.29. The van der Waals surface area contributed by atoms with Crippen LogP contribution in [0.1, 0.15) is 37.7 Å². The van der Waals surface area contributed by atoms with Crippen LogP contribution < -0.4 is 10.6 Å². The van der Waals surface area contributed by atoms with Gasteiger partial charge in [0, 0.05) is 24.7 Å². The topological polar surface area (TPSA) is 91.5 Å². The zero-order valence-corrected chi connectivity index (χ0v) is 21.0. The number of halogens is 1. The molecule has 0 bridgehead atoms. The van der Waals surface area contributed by atoms with Crippen molar-refractivity contribution in [2.75, 3.05) is 18.4 Å². The predicted molar refractivity (Wildman–Crippen MR) is 140 cm³/mol. The molecule has 2 aromatic carbocycles. The normalized spacial score (nSPS) is 15.1. The van der Waals surface area contributed by atoms with E-state index in [1.165, 1.54) is 6.42 Å². The molecule has 1 amide bonds. The number of para-hydroxylation sites is 1. The summed E-state index contributed by atoms with van der Waals surface area (Å²) < 4.78 is 2.47. The van der Waals surface area contributed by atoms with Gasteiger partial charge in [-0.05, 0) is 46.5 Å². The maximum atomic E-state index is 13.4. The van der Waals surface area contributed by atoms with Crippen molar-refractivity contribution >= 4 is 33.3 Å². The smallest absolute Gasteiger partial charge is 0.230 e. The van der Waals surface area contributed by atoms with Crippen molar-refractivity contribution in [3.8, 4) is 17.0 Å². The first-order chi connectivity index (χ1) is 17.1. The summed E-state index contributed by atoms with van der Waals surface area (Å²) in [7, 11) is 0. The van der Waals surface area contributed by atoms with Gasteiger partial charge in [-0.3, -0.25) is 4.79 Å². The molecule has 180 valence electrons. The molecule has 3 N–H and O–H groups in total. The van der Waals surface area contributed by atoms with E-state index in [1.807, 2.05) is 36.4 Å². The Balaban J connectivity index is 1.32. The van der Waals surface area contributed by atoms with Gasteiger partial charge in [-0.1, -0.05) is 61.7 Å². The number of nitrogens with zero attached hydrogens (tertiary/aromatic N) is 3. The van der Waals surface area contributed by atoms with E-state index in [4.69, 9.17) is 0 Å². The van der Waals surface area contributed by atoms with E-state index < -0.39 is 5.41 Å². The van der Waals surface area contributed by atoms with Crippen LogP contribution in [0.2, 0.25) is 0 Å². The second-order valence-corrected chi connectivity index (χ2v) is 9.82. The summed E-state index contributed by atoms with van der Waals surface area (Å²) in [4.78, 5) is 18.1. The maximum absolute atomic E-state index is 13.4. The van der Waals surface area contributed by atoms with Crippen LogP contribution >= 0.6 is 15.9 Å². The first kappa shape index (κ1) is 23.4. The summed E-state index contributed by atoms with van der Waals surface area (Å²) in [6, 6.07) is 19.1. The van der Waals surface area contributed by atoms with Crippen molar-refractivity contribution in [2.45, 2.75) is 37.5 Å². The van der Waals surface area contributed by atoms with Gasteiger partial charge in [-0.25, -0.2) is 4.98 Å². The van der Waals surface area contributed by atoms with Gasteiger partial charge < -0.3 is 15.7 Å². The molecule has 1 fully saturated rings. The molecule has 0 radical (unpaired) electrons. The number of amides is 1. The van der Waals surface area contributed by atoms with Gasteiger partial charge in [-0.2, -0.15) is 9.61 Å². The zero-order valence-electron chi connectivity index (χ0n) is 19.4. The second kappa shape index (κ2) is 10.1. The van der Waals surface area contributed by atoms with E-state index in [1.54, 1.807) is 22.8 Å². The van der Waals surface area contributed by atoms with E-state index in [-0.39, 0.29) is 11.7 Å². The first-order valence-corrected chi connectivity index (χ1v) is 12.8. The lowest BCUT2D eigenvalue weighted by molar-refractivity contribution is -0.128. The van der Waals surface area contributed by atoms with Crippen LogP contribution in [0.15, 0.2) is 71.3 Å². The Morgan fingerprint density at radius 2 is 1.77 bits per heavy atom. The maximum Gasteiger partial charge on any atom is 0.230 e. The average Bonchev–Trinajstić information content (AvgIpc) is 3.28. The molecule has 5 rings (SSSR count). The third-order valence-electron chi connectivity index (χ3n) is 6.79. The molecule has 2 heterocycles. The Kier molecular flexibility index (Phi) is 6.72. The molecule has 8 heteroatoms. The summed E-state index contributed by atoms with van der Waals surface area (Å²) in [5.41, 5.74) is 2.57. The van der Waals surface area contributed by atoms with E-state index >= 15 is 0 Å². The van der Waals surface area contributed by atoms with Gasteiger partial charge in [0.1, 0.15) is 11.6 Å². The number of aromatic hydroxyl groups is 1. The van der Waals surface area contributed by atoms with Gasteiger partial charge in [0.25, 0.3) is 0 Å². The number of carbonyl (C=O) groups excluding carboxylic acids is 1. The highest BCUT2D eigenvalue weighted by Crippen LogP contribution is 2.39. The monoisotopic (exact) mass is 533 g/mol. The minimum atomic E-state index is -0.450. The minimum absolute atomic E-state index is 0.0989. The largest absolute Gasteiger partial charge is 0.507 e. The molecule has 4 aromatic rings. The van der Waals surface area contributed by atoms with Gasteiger partial charge in [0.05, 0.1) is 21.8 Å². The van der Waals surface area contributed by atoms with Gasteiger partial charge >= 0.3 is 0 Å². The molecule has 0 unspecified atom stereocenters. The Bertz CT molecular complexity index is 1330. The highest BCUT2D eigenvalue weighted by Gasteiger charge is 2.40. The summed E-state index contributed by atoms with van der Waals surface area (Å²) in [6.07, 6.45) is 6.77. The number of rotatable bonds is 7. The Labute approximate surface area is 212 Å². The van der Waals surface area contributed by atoms with E-state index in [0.29, 0.717) is 30.0 Å². The molecular weight excluding hydrogens is 506 g/mol. The van der Waals surface area contributed by atoms with Crippen LogP contribution in [-0.2, 0) is 10.2 Å². The molecule has 35 heavy (non-hydrogen) atoms. The molecular formula is C27H28BrN5O2. The Morgan fingerprint density at radius 1 is 1.03 bits per heavy atom. The molecule has 1 aliphatic rings. The number of anilines is 1. The SMILES string of the molecule is O=C(NCCNc1cc(-c2ccccc2O)nc2c(Br)cnn12)C1(c2ccccc2)CCCCC1. The number of aromatic nitrogens is 3. The van der Waals surface area contributed by atoms with Crippen LogP contribution in [0.3, 0.4) is 0 Å². The number of fused-ring (bicyclic) bond motifs is 1.